The van der Waals surface area contributed by atoms with Gasteiger partial charge >= 0.3 is 6.09 Å². The number of nitro groups is 1. The van der Waals surface area contributed by atoms with Crippen LogP contribution in [0, 0.1) is 10.1 Å². The van der Waals surface area contributed by atoms with E-state index in [1.165, 1.54) is 0 Å². The zero-order chi connectivity index (χ0) is 15.3. The number of hydrogen-bond acceptors (Lipinski definition) is 5. The molecule has 0 aliphatic carbocycles. The van der Waals surface area contributed by atoms with Crippen LogP contribution in [-0.2, 0) is 10.0 Å². The molecule has 20 heavy (non-hydrogen) atoms. The highest BCUT2D eigenvalue weighted by Gasteiger charge is 2.20. The summed E-state index contributed by atoms with van der Waals surface area (Å²) in [6.07, 6.45) is -1.29. The molecule has 110 valence electrons. The Labute approximate surface area is 118 Å². The first kappa shape index (κ1) is 16.1. The van der Waals surface area contributed by atoms with Gasteiger partial charge in [0.25, 0.3) is 5.69 Å². The van der Waals surface area contributed by atoms with Crippen LogP contribution in [0.2, 0.25) is 5.02 Å². The molecule has 0 fully saturated rings. The number of nitrogens with one attached hydrogen (secondary N) is 2. The fourth-order valence-electron chi connectivity index (χ4n) is 1.24. The quantitative estimate of drug-likeness (QED) is 0.402. The van der Waals surface area contributed by atoms with Crippen molar-refractivity contribution >= 4 is 33.4 Å². The monoisotopic (exact) mass is 323 g/mol. The molecule has 0 aromatic heterocycles. The van der Waals surface area contributed by atoms with Crippen molar-refractivity contribution in [1.82, 2.24) is 10.0 Å². The predicted molar refractivity (Wildman–Crippen MR) is 69.3 cm³/mol. The van der Waals surface area contributed by atoms with E-state index in [4.69, 9.17) is 16.7 Å². The van der Waals surface area contributed by atoms with Crippen LogP contribution in [0.25, 0.3) is 0 Å². The van der Waals surface area contributed by atoms with Crippen LogP contribution >= 0.6 is 11.6 Å². The van der Waals surface area contributed by atoms with Gasteiger partial charge in [0.2, 0.25) is 10.0 Å². The van der Waals surface area contributed by atoms with Crippen molar-refractivity contribution in [2.24, 2.45) is 0 Å². The highest BCUT2D eigenvalue weighted by Crippen LogP contribution is 2.26. The Morgan fingerprint density at radius 2 is 2.05 bits per heavy atom. The lowest BCUT2D eigenvalue weighted by Gasteiger charge is -2.07. The number of carbonyl (C=O) groups is 1. The molecule has 0 spiro atoms. The lowest BCUT2D eigenvalue weighted by molar-refractivity contribution is -0.384. The minimum absolute atomic E-state index is 0.135. The van der Waals surface area contributed by atoms with Crippen molar-refractivity contribution in [2.45, 2.75) is 4.90 Å². The average molecular weight is 324 g/mol. The maximum absolute atomic E-state index is 11.8. The van der Waals surface area contributed by atoms with Gasteiger partial charge in [0, 0.05) is 19.2 Å². The van der Waals surface area contributed by atoms with E-state index in [1.54, 1.807) is 0 Å². The predicted octanol–water partition coefficient (Wildman–Crippen LogP) is 0.794. The maximum atomic E-state index is 11.8. The van der Waals surface area contributed by atoms with E-state index in [2.05, 4.69) is 4.72 Å². The van der Waals surface area contributed by atoms with Crippen molar-refractivity contribution in [3.63, 3.8) is 0 Å². The van der Waals surface area contributed by atoms with Gasteiger partial charge in [-0.15, -0.1) is 0 Å². The van der Waals surface area contributed by atoms with Gasteiger partial charge < -0.3 is 10.4 Å². The van der Waals surface area contributed by atoms with Crippen molar-refractivity contribution in [2.75, 3.05) is 13.1 Å². The summed E-state index contributed by atoms with van der Waals surface area (Å²) < 4.78 is 25.7. The Morgan fingerprint density at radius 1 is 1.40 bits per heavy atom. The van der Waals surface area contributed by atoms with Gasteiger partial charge in [-0.05, 0) is 12.1 Å². The topological polar surface area (TPSA) is 139 Å². The van der Waals surface area contributed by atoms with Crippen LogP contribution in [0.4, 0.5) is 10.5 Å². The zero-order valence-electron chi connectivity index (χ0n) is 9.87. The summed E-state index contributed by atoms with van der Waals surface area (Å²) in [6, 6.07) is 3.04. The van der Waals surface area contributed by atoms with Crippen molar-refractivity contribution in [1.29, 1.82) is 0 Å². The second-order valence-electron chi connectivity index (χ2n) is 3.50. The summed E-state index contributed by atoms with van der Waals surface area (Å²) in [5.41, 5.74) is -0.529. The largest absolute Gasteiger partial charge is 0.465 e. The second kappa shape index (κ2) is 6.50. The lowest BCUT2D eigenvalue weighted by atomic mass is 10.3. The smallest absolute Gasteiger partial charge is 0.404 e. The van der Waals surface area contributed by atoms with Gasteiger partial charge in [-0.1, -0.05) is 11.6 Å². The van der Waals surface area contributed by atoms with Gasteiger partial charge in [0.05, 0.1) is 9.82 Å². The van der Waals surface area contributed by atoms with E-state index in [0.717, 1.165) is 18.2 Å². The van der Waals surface area contributed by atoms with Crippen molar-refractivity contribution in [3.8, 4) is 0 Å². The van der Waals surface area contributed by atoms with Crippen molar-refractivity contribution < 1.29 is 23.2 Å². The minimum Gasteiger partial charge on any atom is -0.465 e. The molecule has 0 saturated carbocycles. The molecule has 3 N–H and O–H groups in total. The number of nitrogens with zero attached hydrogens (tertiary/aromatic N) is 1. The molecule has 0 atom stereocenters. The summed E-state index contributed by atoms with van der Waals surface area (Å²) in [5, 5.41) is 20.8. The first-order chi connectivity index (χ1) is 9.24. The van der Waals surface area contributed by atoms with E-state index < -0.39 is 26.7 Å². The summed E-state index contributed by atoms with van der Waals surface area (Å²) in [4.78, 5) is 19.7. The van der Waals surface area contributed by atoms with Crippen LogP contribution in [0.15, 0.2) is 23.1 Å². The molecule has 1 aromatic carbocycles. The fraction of sp³-hybridized carbons (Fsp3) is 0.222. The maximum Gasteiger partial charge on any atom is 0.404 e. The molecule has 1 rings (SSSR count). The standard InChI is InChI=1S/C9H10ClN3O6S/c10-7-2-1-6(5-8(7)13(16)17)20(18,19)12-4-3-11-9(14)15/h1-2,5,11-12H,3-4H2,(H,14,15). The average Bonchev–Trinajstić information content (AvgIpc) is 2.34. The number of halogens is 1. The third kappa shape index (κ3) is 4.33. The van der Waals surface area contributed by atoms with E-state index >= 15 is 0 Å². The van der Waals surface area contributed by atoms with E-state index in [9.17, 15) is 23.3 Å². The van der Waals surface area contributed by atoms with Gasteiger partial charge in [-0.3, -0.25) is 10.1 Å². The molecule has 0 heterocycles. The van der Waals surface area contributed by atoms with Gasteiger partial charge in [0.15, 0.2) is 0 Å². The number of amides is 1. The van der Waals surface area contributed by atoms with Crippen LogP contribution in [-0.4, -0.2) is 37.6 Å². The normalized spacial score (nSPS) is 11.1. The molecule has 0 unspecified atom stereocenters. The number of benzene rings is 1. The number of nitro benzene ring substituents is 1. The SMILES string of the molecule is O=C(O)NCCNS(=O)(=O)c1ccc(Cl)c([N+](=O)[O-])c1. The molecule has 0 saturated heterocycles. The summed E-state index contributed by atoms with van der Waals surface area (Å²) in [6.45, 7) is -0.324. The van der Waals surface area contributed by atoms with E-state index in [0.29, 0.717) is 0 Å². The van der Waals surface area contributed by atoms with Crippen LogP contribution in [0.1, 0.15) is 0 Å². The minimum atomic E-state index is -3.98. The van der Waals surface area contributed by atoms with Crippen molar-refractivity contribution in [3.05, 3.63) is 33.3 Å². The third-order valence-electron chi connectivity index (χ3n) is 2.12. The lowest BCUT2D eigenvalue weighted by Crippen LogP contribution is -2.33. The first-order valence-electron chi connectivity index (χ1n) is 5.14. The molecule has 11 heteroatoms. The summed E-state index contributed by atoms with van der Waals surface area (Å²) in [7, 11) is -3.98. The molecule has 0 radical (unpaired) electrons. The van der Waals surface area contributed by atoms with Gasteiger partial charge in [0.1, 0.15) is 5.02 Å². The Morgan fingerprint density at radius 3 is 2.60 bits per heavy atom. The molecular weight excluding hydrogens is 314 g/mol. The van der Waals surface area contributed by atoms with Crippen LogP contribution in [0.3, 0.4) is 0 Å². The molecule has 9 nitrogen and oxygen atoms in total. The number of rotatable bonds is 6. The highest BCUT2D eigenvalue weighted by atomic mass is 35.5. The highest BCUT2D eigenvalue weighted by molar-refractivity contribution is 7.89. The fourth-order valence-corrected chi connectivity index (χ4v) is 2.48. The third-order valence-corrected chi connectivity index (χ3v) is 3.90. The first-order valence-corrected chi connectivity index (χ1v) is 7.00. The Kier molecular flexibility index (Phi) is 5.25. The van der Waals surface area contributed by atoms with Gasteiger partial charge in [-0.2, -0.15) is 0 Å². The molecule has 0 aliphatic heterocycles. The van der Waals surface area contributed by atoms with Crippen LogP contribution in [0.5, 0.6) is 0 Å². The Balaban J connectivity index is 2.85. The Bertz CT molecular complexity index is 633. The number of carboxylic acid groups (broad SMARTS) is 1. The van der Waals surface area contributed by atoms with E-state index in [1.807, 2.05) is 5.32 Å². The van der Waals surface area contributed by atoms with Gasteiger partial charge in [-0.25, -0.2) is 17.9 Å². The summed E-state index contributed by atoms with van der Waals surface area (Å²) in [5.74, 6) is 0. The molecular formula is C9H10ClN3O6S. The molecule has 0 bridgehead atoms. The van der Waals surface area contributed by atoms with E-state index in [-0.39, 0.29) is 23.0 Å². The second-order valence-corrected chi connectivity index (χ2v) is 5.67. The summed E-state index contributed by atoms with van der Waals surface area (Å²) >= 11 is 5.57. The number of sulfonamides is 1. The Hall–Kier alpha value is -1.91. The molecule has 0 aliphatic rings. The molecule has 1 amide bonds. The zero-order valence-corrected chi connectivity index (χ0v) is 11.4. The molecule has 1 aromatic rings. The van der Waals surface area contributed by atoms with Crippen LogP contribution < -0.4 is 10.0 Å². The number of hydrogen-bond donors (Lipinski definition) is 3.